The van der Waals surface area contributed by atoms with Crippen LogP contribution in [0.2, 0.25) is 0 Å². The number of hydrogen-bond donors (Lipinski definition) is 2. The normalized spacial score (nSPS) is 22.6. The molecule has 0 aliphatic carbocycles. The van der Waals surface area contributed by atoms with Crippen LogP contribution in [-0.4, -0.2) is 46.1 Å². The van der Waals surface area contributed by atoms with Crippen LogP contribution in [0.15, 0.2) is 23.7 Å². The number of likely N-dealkylation sites (tertiary alicyclic amines) is 1. The summed E-state index contributed by atoms with van der Waals surface area (Å²) in [6.45, 7) is 0.851. The molecular formula is C13H16ClN3O2S. The summed E-state index contributed by atoms with van der Waals surface area (Å²) in [6, 6.07) is 5.32. The first kappa shape index (κ1) is 15.2. The maximum atomic E-state index is 12.4. The van der Waals surface area contributed by atoms with E-state index in [1.165, 1.54) is 11.3 Å². The molecule has 2 atom stereocenters. The molecule has 1 amide bonds. The van der Waals surface area contributed by atoms with Gasteiger partial charge in [-0.1, -0.05) is 0 Å². The van der Waals surface area contributed by atoms with Gasteiger partial charge in [0, 0.05) is 24.7 Å². The number of fused-ring (bicyclic) bond motifs is 1. The fourth-order valence-electron chi connectivity index (χ4n) is 2.45. The molecule has 0 radical (unpaired) electrons. The smallest absolute Gasteiger partial charge is 0.254 e. The minimum absolute atomic E-state index is 0. The van der Waals surface area contributed by atoms with E-state index in [9.17, 15) is 9.90 Å². The predicted molar refractivity (Wildman–Crippen MR) is 81.4 cm³/mol. The van der Waals surface area contributed by atoms with E-state index in [-0.39, 0.29) is 24.4 Å². The number of piperidine rings is 1. The Labute approximate surface area is 126 Å². The molecule has 0 bridgehead atoms. The van der Waals surface area contributed by atoms with Crippen molar-refractivity contribution >= 4 is 39.9 Å². The van der Waals surface area contributed by atoms with E-state index in [2.05, 4.69) is 4.98 Å². The highest BCUT2D eigenvalue weighted by atomic mass is 35.5. The number of aromatic nitrogens is 1. The zero-order valence-corrected chi connectivity index (χ0v) is 12.4. The highest BCUT2D eigenvalue weighted by Crippen LogP contribution is 2.21. The van der Waals surface area contributed by atoms with Crippen molar-refractivity contribution in [3.63, 3.8) is 0 Å². The van der Waals surface area contributed by atoms with Crippen molar-refractivity contribution in [3.05, 3.63) is 29.3 Å². The van der Waals surface area contributed by atoms with Crippen molar-refractivity contribution in [2.24, 2.45) is 5.73 Å². The number of amides is 1. The molecule has 2 aromatic rings. The van der Waals surface area contributed by atoms with E-state index in [1.807, 2.05) is 12.1 Å². The zero-order chi connectivity index (χ0) is 13.4. The number of thiazole rings is 1. The molecule has 0 spiro atoms. The Hall–Kier alpha value is -1.21. The molecule has 1 aliphatic heterocycles. The van der Waals surface area contributed by atoms with E-state index in [4.69, 9.17) is 5.73 Å². The summed E-state index contributed by atoms with van der Waals surface area (Å²) in [5, 5.41) is 9.70. The second kappa shape index (κ2) is 6.05. The Kier molecular flexibility index (Phi) is 4.59. The first-order valence-electron chi connectivity index (χ1n) is 6.19. The average molecular weight is 314 g/mol. The van der Waals surface area contributed by atoms with E-state index >= 15 is 0 Å². The van der Waals surface area contributed by atoms with Crippen LogP contribution < -0.4 is 5.73 Å². The lowest BCUT2D eigenvalue weighted by atomic mass is 10.0. The number of carbonyl (C=O) groups is 1. The van der Waals surface area contributed by atoms with Gasteiger partial charge >= 0.3 is 0 Å². The van der Waals surface area contributed by atoms with Gasteiger partial charge in [0.1, 0.15) is 0 Å². The molecule has 2 heterocycles. The van der Waals surface area contributed by atoms with E-state index in [0.29, 0.717) is 25.1 Å². The second-order valence-corrected chi connectivity index (χ2v) is 5.78. The van der Waals surface area contributed by atoms with Gasteiger partial charge in [-0.05, 0) is 24.6 Å². The number of nitrogens with two attached hydrogens (primary N) is 1. The van der Waals surface area contributed by atoms with Crippen LogP contribution in [0.25, 0.3) is 10.2 Å². The van der Waals surface area contributed by atoms with Crippen LogP contribution in [-0.2, 0) is 0 Å². The Balaban J connectivity index is 0.00000147. The van der Waals surface area contributed by atoms with Crippen molar-refractivity contribution in [2.75, 3.05) is 13.1 Å². The van der Waals surface area contributed by atoms with Crippen molar-refractivity contribution in [3.8, 4) is 0 Å². The maximum Gasteiger partial charge on any atom is 0.254 e. The fourth-order valence-corrected chi connectivity index (χ4v) is 3.16. The lowest BCUT2D eigenvalue weighted by molar-refractivity contribution is 0.0424. The topological polar surface area (TPSA) is 79.5 Å². The monoisotopic (exact) mass is 313 g/mol. The number of halogens is 1. The Morgan fingerprint density at radius 3 is 3.00 bits per heavy atom. The van der Waals surface area contributed by atoms with E-state index in [1.54, 1.807) is 16.5 Å². The summed E-state index contributed by atoms with van der Waals surface area (Å²) in [5.74, 6) is -0.0792. The Bertz CT molecular complexity index is 608. The third kappa shape index (κ3) is 2.93. The second-order valence-electron chi connectivity index (χ2n) is 4.89. The number of benzene rings is 1. The van der Waals surface area contributed by atoms with Gasteiger partial charge in [-0.25, -0.2) is 4.98 Å². The molecule has 1 aromatic heterocycles. The largest absolute Gasteiger partial charge is 0.391 e. The van der Waals surface area contributed by atoms with E-state index < -0.39 is 6.10 Å². The van der Waals surface area contributed by atoms with Crippen molar-refractivity contribution in [1.82, 2.24) is 9.88 Å². The highest BCUT2D eigenvalue weighted by molar-refractivity contribution is 7.16. The summed E-state index contributed by atoms with van der Waals surface area (Å²) in [7, 11) is 0. The zero-order valence-electron chi connectivity index (χ0n) is 10.7. The van der Waals surface area contributed by atoms with Crippen LogP contribution in [0, 0.1) is 0 Å². The minimum Gasteiger partial charge on any atom is -0.391 e. The average Bonchev–Trinajstić information content (AvgIpc) is 2.83. The van der Waals surface area contributed by atoms with Crippen LogP contribution in [0.5, 0.6) is 0 Å². The minimum atomic E-state index is -0.528. The number of hydrogen-bond acceptors (Lipinski definition) is 5. The lowest BCUT2D eigenvalue weighted by Gasteiger charge is -2.34. The molecule has 0 unspecified atom stereocenters. The van der Waals surface area contributed by atoms with Gasteiger partial charge in [0.15, 0.2) is 0 Å². The summed E-state index contributed by atoms with van der Waals surface area (Å²) in [4.78, 5) is 18.2. The van der Waals surface area contributed by atoms with Crippen LogP contribution >= 0.6 is 23.7 Å². The number of β-amino-alcohol motifs (C(OH)–C–C–N with tert-alkyl or cyclic N) is 1. The molecule has 1 aromatic carbocycles. The van der Waals surface area contributed by atoms with Crippen LogP contribution in [0.3, 0.4) is 0 Å². The number of carbonyl (C=O) groups excluding carboxylic acids is 1. The van der Waals surface area contributed by atoms with Gasteiger partial charge < -0.3 is 15.7 Å². The van der Waals surface area contributed by atoms with Gasteiger partial charge in [-0.15, -0.1) is 23.7 Å². The first-order chi connectivity index (χ1) is 9.13. The molecule has 0 saturated carbocycles. The third-order valence-corrected chi connectivity index (χ3v) is 4.12. The number of aliphatic hydroxyl groups excluding tert-OH is 1. The van der Waals surface area contributed by atoms with Gasteiger partial charge in [0.05, 0.1) is 21.8 Å². The number of aliphatic hydroxyl groups is 1. The van der Waals surface area contributed by atoms with Crippen molar-refractivity contribution in [2.45, 2.75) is 18.6 Å². The molecule has 1 fully saturated rings. The third-order valence-electron chi connectivity index (χ3n) is 3.33. The SMILES string of the molecule is Cl.N[C@H]1C[C@@H](O)CN(C(=O)c2ccc3ncsc3c2)C1. The quantitative estimate of drug-likeness (QED) is 0.830. The maximum absolute atomic E-state index is 12.4. The highest BCUT2D eigenvalue weighted by Gasteiger charge is 2.27. The standard InChI is InChI=1S/C13H15N3O2S.ClH/c14-9-4-10(17)6-16(5-9)13(18)8-1-2-11-12(3-8)19-7-15-11;/h1-3,7,9-10,17H,4-6,14H2;1H/t9-,10+;/m0./s1. The number of nitrogens with zero attached hydrogens (tertiary/aromatic N) is 2. The molecular weight excluding hydrogens is 298 g/mol. The molecule has 3 rings (SSSR count). The Morgan fingerprint density at radius 1 is 1.45 bits per heavy atom. The van der Waals surface area contributed by atoms with Gasteiger partial charge in [-0.2, -0.15) is 0 Å². The molecule has 108 valence electrons. The summed E-state index contributed by atoms with van der Waals surface area (Å²) in [5.41, 5.74) is 9.13. The van der Waals surface area contributed by atoms with Crippen LogP contribution in [0.4, 0.5) is 0 Å². The molecule has 1 saturated heterocycles. The lowest BCUT2D eigenvalue weighted by Crippen LogP contribution is -2.51. The molecule has 20 heavy (non-hydrogen) atoms. The van der Waals surface area contributed by atoms with Crippen molar-refractivity contribution in [1.29, 1.82) is 0 Å². The number of rotatable bonds is 1. The molecule has 7 heteroatoms. The first-order valence-corrected chi connectivity index (χ1v) is 7.07. The van der Waals surface area contributed by atoms with Gasteiger partial charge in [-0.3, -0.25) is 4.79 Å². The van der Waals surface area contributed by atoms with E-state index in [0.717, 1.165) is 10.2 Å². The molecule has 3 N–H and O–H groups in total. The molecule has 1 aliphatic rings. The van der Waals surface area contributed by atoms with Crippen molar-refractivity contribution < 1.29 is 9.90 Å². The molecule has 5 nitrogen and oxygen atoms in total. The summed E-state index contributed by atoms with van der Waals surface area (Å²) < 4.78 is 0.993. The van der Waals surface area contributed by atoms with Crippen LogP contribution in [0.1, 0.15) is 16.8 Å². The Morgan fingerprint density at radius 2 is 2.25 bits per heavy atom. The van der Waals surface area contributed by atoms with Gasteiger partial charge in [0.25, 0.3) is 5.91 Å². The fraction of sp³-hybridized carbons (Fsp3) is 0.385. The predicted octanol–water partition coefficient (Wildman–Crippen LogP) is 1.25. The summed E-state index contributed by atoms with van der Waals surface area (Å²) >= 11 is 1.51. The van der Waals surface area contributed by atoms with Gasteiger partial charge in [0.2, 0.25) is 0 Å². The summed E-state index contributed by atoms with van der Waals surface area (Å²) in [6.07, 6.45) is 0.0253.